The summed E-state index contributed by atoms with van der Waals surface area (Å²) in [4.78, 5) is 12.6. The topological polar surface area (TPSA) is 20.3 Å². The highest BCUT2D eigenvalue weighted by atomic mass is 32.2. The Hall–Kier alpha value is 0.170. The SMILES string of the molecule is CSCCN(C)C(=O)CS. The van der Waals surface area contributed by atoms with Crippen molar-refractivity contribution in [3.8, 4) is 0 Å². The number of hydrogen-bond acceptors (Lipinski definition) is 3. The number of carbonyl (C=O) groups is 1. The largest absolute Gasteiger partial charge is 0.344 e. The van der Waals surface area contributed by atoms with Gasteiger partial charge in [-0.2, -0.15) is 24.4 Å². The number of amides is 1. The zero-order chi connectivity index (χ0) is 7.98. The smallest absolute Gasteiger partial charge is 0.232 e. The van der Waals surface area contributed by atoms with Crippen LogP contribution in [0.15, 0.2) is 0 Å². The van der Waals surface area contributed by atoms with Gasteiger partial charge in [0.15, 0.2) is 0 Å². The van der Waals surface area contributed by atoms with E-state index in [9.17, 15) is 4.79 Å². The molecule has 0 atom stereocenters. The Labute approximate surface area is 71.8 Å². The molecule has 0 aromatic heterocycles. The molecule has 0 bridgehead atoms. The molecule has 0 radical (unpaired) electrons. The first kappa shape index (κ1) is 10.2. The van der Waals surface area contributed by atoms with Crippen LogP contribution in [0.3, 0.4) is 0 Å². The van der Waals surface area contributed by atoms with Crippen molar-refractivity contribution < 1.29 is 4.79 Å². The predicted molar refractivity (Wildman–Crippen MR) is 49.9 cm³/mol. The maximum atomic E-state index is 10.9. The fourth-order valence-corrected chi connectivity index (χ4v) is 1.17. The Morgan fingerprint density at radius 2 is 2.30 bits per heavy atom. The average molecular weight is 179 g/mol. The molecule has 0 N–H and O–H groups in total. The molecule has 4 heteroatoms. The lowest BCUT2D eigenvalue weighted by Crippen LogP contribution is -2.29. The summed E-state index contributed by atoms with van der Waals surface area (Å²) in [5.74, 6) is 1.40. The van der Waals surface area contributed by atoms with Crippen molar-refractivity contribution in [1.82, 2.24) is 4.90 Å². The van der Waals surface area contributed by atoms with Gasteiger partial charge in [-0.3, -0.25) is 4.79 Å². The number of thioether (sulfide) groups is 1. The van der Waals surface area contributed by atoms with E-state index < -0.39 is 0 Å². The third kappa shape index (κ3) is 4.06. The van der Waals surface area contributed by atoms with E-state index in [1.165, 1.54) is 0 Å². The second kappa shape index (κ2) is 5.92. The van der Waals surface area contributed by atoms with Crippen LogP contribution in [0.1, 0.15) is 0 Å². The van der Waals surface area contributed by atoms with Crippen molar-refractivity contribution in [2.45, 2.75) is 0 Å². The van der Waals surface area contributed by atoms with Gasteiger partial charge in [-0.05, 0) is 6.26 Å². The maximum absolute atomic E-state index is 10.9. The first-order valence-electron chi connectivity index (χ1n) is 3.06. The lowest BCUT2D eigenvalue weighted by atomic mass is 10.5. The summed E-state index contributed by atoms with van der Waals surface area (Å²) >= 11 is 5.62. The highest BCUT2D eigenvalue weighted by Gasteiger charge is 2.03. The van der Waals surface area contributed by atoms with Crippen LogP contribution < -0.4 is 0 Å². The summed E-state index contributed by atoms with van der Waals surface area (Å²) in [5.41, 5.74) is 0. The molecule has 2 nitrogen and oxygen atoms in total. The first-order valence-corrected chi connectivity index (χ1v) is 5.08. The van der Waals surface area contributed by atoms with Gasteiger partial charge in [0.1, 0.15) is 0 Å². The van der Waals surface area contributed by atoms with E-state index in [0.717, 1.165) is 12.3 Å². The molecule has 0 aromatic carbocycles. The van der Waals surface area contributed by atoms with E-state index in [0.29, 0.717) is 5.75 Å². The van der Waals surface area contributed by atoms with Crippen molar-refractivity contribution in [1.29, 1.82) is 0 Å². The van der Waals surface area contributed by atoms with E-state index in [-0.39, 0.29) is 5.91 Å². The highest BCUT2D eigenvalue weighted by molar-refractivity contribution is 7.98. The zero-order valence-electron chi connectivity index (χ0n) is 6.33. The Balaban J connectivity index is 3.41. The van der Waals surface area contributed by atoms with Crippen LogP contribution >= 0.6 is 24.4 Å². The predicted octanol–water partition coefficient (Wildman–Crippen LogP) is 0.738. The number of nitrogens with zero attached hydrogens (tertiary/aromatic N) is 1. The molecule has 0 rings (SSSR count). The Kier molecular flexibility index (Phi) is 6.02. The van der Waals surface area contributed by atoms with E-state index in [1.54, 1.807) is 23.7 Å². The van der Waals surface area contributed by atoms with Gasteiger partial charge in [0.2, 0.25) is 5.91 Å². The molecule has 1 amide bonds. The molecule has 60 valence electrons. The van der Waals surface area contributed by atoms with Gasteiger partial charge in [0, 0.05) is 19.3 Å². The van der Waals surface area contributed by atoms with Gasteiger partial charge in [-0.1, -0.05) is 0 Å². The molecule has 0 spiro atoms. The summed E-state index contributed by atoms with van der Waals surface area (Å²) < 4.78 is 0. The fraction of sp³-hybridized carbons (Fsp3) is 0.833. The van der Waals surface area contributed by atoms with Crippen LogP contribution in [0.4, 0.5) is 0 Å². The second-order valence-electron chi connectivity index (χ2n) is 1.97. The zero-order valence-corrected chi connectivity index (χ0v) is 8.04. The average Bonchev–Trinajstić information content (AvgIpc) is 1.98. The van der Waals surface area contributed by atoms with Crippen molar-refractivity contribution in [3.05, 3.63) is 0 Å². The Morgan fingerprint density at radius 3 is 2.70 bits per heavy atom. The molecule has 0 saturated heterocycles. The molecule has 0 aliphatic heterocycles. The lowest BCUT2D eigenvalue weighted by Gasteiger charge is -2.14. The monoisotopic (exact) mass is 179 g/mol. The van der Waals surface area contributed by atoms with Crippen LogP contribution in [0.25, 0.3) is 0 Å². The summed E-state index contributed by atoms with van der Waals surface area (Å²) in [7, 11) is 1.80. The van der Waals surface area contributed by atoms with Crippen LogP contribution in [0, 0.1) is 0 Å². The van der Waals surface area contributed by atoms with Crippen molar-refractivity contribution in [3.63, 3.8) is 0 Å². The van der Waals surface area contributed by atoms with E-state index >= 15 is 0 Å². The normalized spacial score (nSPS) is 9.50. The van der Waals surface area contributed by atoms with Crippen LogP contribution in [0.2, 0.25) is 0 Å². The van der Waals surface area contributed by atoms with E-state index in [4.69, 9.17) is 0 Å². The third-order valence-corrected chi connectivity index (χ3v) is 2.05. The van der Waals surface area contributed by atoms with Gasteiger partial charge in [0.05, 0.1) is 5.75 Å². The van der Waals surface area contributed by atoms with E-state index in [1.807, 2.05) is 6.26 Å². The fourth-order valence-electron chi connectivity index (χ4n) is 0.474. The van der Waals surface area contributed by atoms with Gasteiger partial charge in [-0.15, -0.1) is 0 Å². The van der Waals surface area contributed by atoms with Gasteiger partial charge >= 0.3 is 0 Å². The molecule has 0 unspecified atom stereocenters. The number of rotatable bonds is 4. The molecule has 0 saturated carbocycles. The molecular weight excluding hydrogens is 166 g/mol. The number of thiol groups is 1. The Bertz CT molecular complexity index is 108. The lowest BCUT2D eigenvalue weighted by molar-refractivity contribution is -0.126. The summed E-state index contributed by atoms with van der Waals surface area (Å²) in [6.07, 6.45) is 2.03. The maximum Gasteiger partial charge on any atom is 0.232 e. The number of carbonyl (C=O) groups excluding carboxylic acids is 1. The van der Waals surface area contributed by atoms with Crippen LogP contribution in [-0.2, 0) is 4.79 Å². The van der Waals surface area contributed by atoms with Crippen molar-refractivity contribution in [2.75, 3.05) is 31.4 Å². The first-order chi connectivity index (χ1) is 4.72. The van der Waals surface area contributed by atoms with E-state index in [2.05, 4.69) is 12.6 Å². The molecule has 0 aromatic rings. The standard InChI is InChI=1S/C6H13NOS2/c1-7(3-4-10-2)6(8)5-9/h9H,3-5H2,1-2H3. The molecule has 0 aliphatic rings. The third-order valence-electron chi connectivity index (χ3n) is 1.19. The van der Waals surface area contributed by atoms with Crippen LogP contribution in [0.5, 0.6) is 0 Å². The molecule has 0 aliphatic carbocycles. The number of hydrogen-bond donors (Lipinski definition) is 1. The van der Waals surface area contributed by atoms with Gasteiger partial charge in [0.25, 0.3) is 0 Å². The quantitative estimate of drug-likeness (QED) is 0.642. The molecule has 0 fully saturated rings. The minimum Gasteiger partial charge on any atom is -0.344 e. The van der Waals surface area contributed by atoms with Crippen molar-refractivity contribution >= 4 is 30.3 Å². The second-order valence-corrected chi connectivity index (χ2v) is 3.27. The molecule has 0 heterocycles. The van der Waals surface area contributed by atoms with Gasteiger partial charge < -0.3 is 4.90 Å². The highest BCUT2D eigenvalue weighted by Crippen LogP contribution is 1.94. The van der Waals surface area contributed by atoms with Gasteiger partial charge in [-0.25, -0.2) is 0 Å². The minimum absolute atomic E-state index is 0.0948. The molecule has 10 heavy (non-hydrogen) atoms. The summed E-state index contributed by atoms with van der Waals surface area (Å²) in [5, 5.41) is 0. The summed E-state index contributed by atoms with van der Waals surface area (Å²) in [6.45, 7) is 0.820. The Morgan fingerprint density at radius 1 is 1.70 bits per heavy atom. The van der Waals surface area contributed by atoms with Crippen LogP contribution in [-0.4, -0.2) is 42.2 Å². The minimum atomic E-state index is 0.0948. The molecular formula is C6H13NOS2. The van der Waals surface area contributed by atoms with Crippen molar-refractivity contribution in [2.24, 2.45) is 0 Å². The summed E-state index contributed by atoms with van der Waals surface area (Å²) in [6, 6.07) is 0.